The number of likely N-dealkylation sites (N-methyl/N-ethyl adjacent to an activating group) is 1. The third kappa shape index (κ3) is 4.24. The fourth-order valence-corrected chi connectivity index (χ4v) is 1.52. The number of carbonyl (C=O) groups excluding carboxylic acids is 1. The normalized spacial score (nSPS) is 18.5. The Hall–Kier alpha value is -0.610. The van der Waals surface area contributed by atoms with Gasteiger partial charge in [-0.15, -0.1) is 0 Å². The maximum atomic E-state index is 11.1. The largest absolute Gasteiger partial charge is 0.355 e. The van der Waals surface area contributed by atoms with Crippen molar-refractivity contribution in [3.63, 3.8) is 0 Å². The molecule has 1 amide bonds. The SMILES string of the molecule is CCNC(=O)CNC1CCNCC1. The summed E-state index contributed by atoms with van der Waals surface area (Å²) in [6.07, 6.45) is 2.25. The van der Waals surface area contributed by atoms with Gasteiger partial charge < -0.3 is 16.0 Å². The van der Waals surface area contributed by atoms with Gasteiger partial charge in [0, 0.05) is 12.6 Å². The standard InChI is InChI=1S/C9H19N3O/c1-2-11-9(13)7-12-8-3-5-10-6-4-8/h8,10,12H,2-7H2,1H3,(H,11,13). The molecule has 13 heavy (non-hydrogen) atoms. The predicted molar refractivity (Wildman–Crippen MR) is 52.6 cm³/mol. The number of hydrogen-bond donors (Lipinski definition) is 3. The second-order valence-electron chi connectivity index (χ2n) is 3.36. The molecule has 0 bridgehead atoms. The van der Waals surface area contributed by atoms with Crippen LogP contribution in [0.4, 0.5) is 0 Å². The van der Waals surface area contributed by atoms with Crippen molar-refractivity contribution in [2.24, 2.45) is 0 Å². The highest BCUT2D eigenvalue weighted by Crippen LogP contribution is 2.00. The molecule has 1 saturated heterocycles. The summed E-state index contributed by atoms with van der Waals surface area (Å²) in [6.45, 7) is 5.23. The van der Waals surface area contributed by atoms with Gasteiger partial charge >= 0.3 is 0 Å². The third-order valence-corrected chi connectivity index (χ3v) is 2.26. The van der Waals surface area contributed by atoms with Gasteiger partial charge in [-0.05, 0) is 32.9 Å². The Labute approximate surface area is 79.5 Å². The summed E-state index contributed by atoms with van der Waals surface area (Å²) in [5.74, 6) is 0.0982. The number of rotatable bonds is 4. The number of nitrogens with one attached hydrogen (secondary N) is 3. The molecular weight excluding hydrogens is 166 g/mol. The van der Waals surface area contributed by atoms with Gasteiger partial charge in [-0.3, -0.25) is 4.79 Å². The Morgan fingerprint density at radius 3 is 2.77 bits per heavy atom. The van der Waals surface area contributed by atoms with E-state index < -0.39 is 0 Å². The van der Waals surface area contributed by atoms with Crippen LogP contribution >= 0.6 is 0 Å². The summed E-state index contributed by atoms with van der Waals surface area (Å²) in [6, 6.07) is 0.517. The average Bonchev–Trinajstić information content (AvgIpc) is 2.17. The molecule has 4 heteroatoms. The highest BCUT2D eigenvalue weighted by molar-refractivity contribution is 5.77. The van der Waals surface area contributed by atoms with Crippen molar-refractivity contribution < 1.29 is 4.79 Å². The van der Waals surface area contributed by atoms with E-state index in [-0.39, 0.29) is 5.91 Å². The monoisotopic (exact) mass is 185 g/mol. The van der Waals surface area contributed by atoms with Crippen molar-refractivity contribution in [1.29, 1.82) is 0 Å². The lowest BCUT2D eigenvalue weighted by atomic mass is 10.1. The molecule has 0 aromatic carbocycles. The van der Waals surface area contributed by atoms with Crippen LogP contribution in [0.1, 0.15) is 19.8 Å². The Morgan fingerprint density at radius 2 is 2.15 bits per heavy atom. The summed E-state index contributed by atoms with van der Waals surface area (Å²) >= 11 is 0. The molecule has 1 fully saturated rings. The van der Waals surface area contributed by atoms with Gasteiger partial charge in [0.25, 0.3) is 0 Å². The van der Waals surface area contributed by atoms with Crippen LogP contribution in [0.3, 0.4) is 0 Å². The van der Waals surface area contributed by atoms with Crippen LogP contribution in [-0.2, 0) is 4.79 Å². The lowest BCUT2D eigenvalue weighted by Gasteiger charge is -2.23. The van der Waals surface area contributed by atoms with Gasteiger partial charge in [-0.1, -0.05) is 0 Å². The molecule has 0 aromatic rings. The zero-order valence-corrected chi connectivity index (χ0v) is 8.23. The van der Waals surface area contributed by atoms with Crippen LogP contribution in [0.5, 0.6) is 0 Å². The van der Waals surface area contributed by atoms with Crippen molar-refractivity contribution >= 4 is 5.91 Å². The van der Waals surface area contributed by atoms with E-state index in [4.69, 9.17) is 0 Å². The molecule has 1 aliphatic rings. The quantitative estimate of drug-likeness (QED) is 0.551. The van der Waals surface area contributed by atoms with Crippen molar-refractivity contribution in [3.8, 4) is 0 Å². The lowest BCUT2D eigenvalue weighted by molar-refractivity contribution is -0.120. The smallest absolute Gasteiger partial charge is 0.233 e. The van der Waals surface area contributed by atoms with Crippen LogP contribution in [0.25, 0.3) is 0 Å². The molecule has 0 aliphatic carbocycles. The zero-order valence-electron chi connectivity index (χ0n) is 8.23. The molecular formula is C9H19N3O. The van der Waals surface area contributed by atoms with E-state index in [9.17, 15) is 4.79 Å². The van der Waals surface area contributed by atoms with E-state index in [1.54, 1.807) is 0 Å². The Balaban J connectivity index is 2.06. The highest BCUT2D eigenvalue weighted by atomic mass is 16.1. The van der Waals surface area contributed by atoms with E-state index >= 15 is 0 Å². The molecule has 0 aromatic heterocycles. The highest BCUT2D eigenvalue weighted by Gasteiger charge is 2.12. The second kappa shape index (κ2) is 5.94. The Kier molecular flexibility index (Phi) is 4.78. The third-order valence-electron chi connectivity index (χ3n) is 2.26. The maximum Gasteiger partial charge on any atom is 0.233 e. The summed E-state index contributed by atoms with van der Waals surface area (Å²) in [5, 5.41) is 9.31. The summed E-state index contributed by atoms with van der Waals surface area (Å²) in [7, 11) is 0. The first-order chi connectivity index (χ1) is 6.33. The first-order valence-electron chi connectivity index (χ1n) is 5.03. The molecule has 0 atom stereocenters. The molecule has 3 N–H and O–H groups in total. The molecule has 0 unspecified atom stereocenters. The van der Waals surface area contributed by atoms with E-state index in [2.05, 4.69) is 16.0 Å². The van der Waals surface area contributed by atoms with Crippen LogP contribution in [-0.4, -0.2) is 38.1 Å². The topological polar surface area (TPSA) is 53.2 Å². The van der Waals surface area contributed by atoms with Gasteiger partial charge in [-0.25, -0.2) is 0 Å². The first-order valence-corrected chi connectivity index (χ1v) is 5.03. The molecule has 1 heterocycles. The number of hydrogen-bond acceptors (Lipinski definition) is 3. The minimum absolute atomic E-state index is 0.0982. The van der Waals surface area contributed by atoms with E-state index in [1.165, 1.54) is 0 Å². The van der Waals surface area contributed by atoms with E-state index in [1.807, 2.05) is 6.92 Å². The van der Waals surface area contributed by atoms with Gasteiger partial charge in [-0.2, -0.15) is 0 Å². The average molecular weight is 185 g/mol. The first kappa shape index (κ1) is 10.5. The molecule has 1 aliphatic heterocycles. The molecule has 76 valence electrons. The molecule has 4 nitrogen and oxygen atoms in total. The van der Waals surface area contributed by atoms with E-state index in [0.29, 0.717) is 19.1 Å². The minimum atomic E-state index is 0.0982. The summed E-state index contributed by atoms with van der Waals surface area (Å²) in [4.78, 5) is 11.1. The molecule has 0 spiro atoms. The van der Waals surface area contributed by atoms with Crippen LogP contribution in [0.2, 0.25) is 0 Å². The molecule has 0 saturated carbocycles. The Morgan fingerprint density at radius 1 is 1.46 bits per heavy atom. The van der Waals surface area contributed by atoms with Crippen molar-refractivity contribution in [2.45, 2.75) is 25.8 Å². The van der Waals surface area contributed by atoms with Gasteiger partial charge in [0.05, 0.1) is 6.54 Å². The van der Waals surface area contributed by atoms with Crippen LogP contribution < -0.4 is 16.0 Å². The van der Waals surface area contributed by atoms with Gasteiger partial charge in [0.15, 0.2) is 0 Å². The van der Waals surface area contributed by atoms with Crippen molar-refractivity contribution in [2.75, 3.05) is 26.2 Å². The fraction of sp³-hybridized carbons (Fsp3) is 0.889. The van der Waals surface area contributed by atoms with Crippen LogP contribution in [0.15, 0.2) is 0 Å². The maximum absolute atomic E-state index is 11.1. The second-order valence-corrected chi connectivity index (χ2v) is 3.36. The number of amides is 1. The van der Waals surface area contributed by atoms with Gasteiger partial charge in [0.2, 0.25) is 5.91 Å². The fourth-order valence-electron chi connectivity index (χ4n) is 1.52. The minimum Gasteiger partial charge on any atom is -0.355 e. The predicted octanol–water partition coefficient (Wildman–Crippen LogP) is -0.536. The number of carbonyl (C=O) groups is 1. The number of piperidine rings is 1. The Bertz CT molecular complexity index is 155. The van der Waals surface area contributed by atoms with Crippen molar-refractivity contribution in [1.82, 2.24) is 16.0 Å². The zero-order chi connectivity index (χ0) is 9.52. The molecule has 0 radical (unpaired) electrons. The van der Waals surface area contributed by atoms with Crippen molar-refractivity contribution in [3.05, 3.63) is 0 Å². The van der Waals surface area contributed by atoms with Gasteiger partial charge in [0.1, 0.15) is 0 Å². The lowest BCUT2D eigenvalue weighted by Crippen LogP contribution is -2.44. The summed E-state index contributed by atoms with van der Waals surface area (Å²) < 4.78 is 0. The molecule has 1 rings (SSSR count). The van der Waals surface area contributed by atoms with Crippen LogP contribution in [0, 0.1) is 0 Å². The van der Waals surface area contributed by atoms with E-state index in [0.717, 1.165) is 25.9 Å². The summed E-state index contributed by atoms with van der Waals surface area (Å²) in [5.41, 5.74) is 0.